The van der Waals surface area contributed by atoms with Crippen LogP contribution in [0, 0.1) is 6.92 Å². The monoisotopic (exact) mass is 270 g/mol. The lowest BCUT2D eigenvalue weighted by Crippen LogP contribution is -2.36. The maximum absolute atomic E-state index is 12.7. The Balaban J connectivity index is 1.98. The van der Waals surface area contributed by atoms with Crippen LogP contribution in [0.5, 0.6) is 0 Å². The Morgan fingerprint density at radius 2 is 1.80 bits per heavy atom. The minimum absolute atomic E-state index is 0.0840. The molecular formula is C15H18N4O. The van der Waals surface area contributed by atoms with Crippen LogP contribution in [0.15, 0.2) is 30.6 Å². The van der Waals surface area contributed by atoms with Gasteiger partial charge in [0.15, 0.2) is 0 Å². The van der Waals surface area contributed by atoms with Crippen molar-refractivity contribution >= 4 is 5.91 Å². The molecule has 0 atom stereocenters. The van der Waals surface area contributed by atoms with E-state index in [1.165, 1.54) is 11.2 Å². The number of nitrogens with zero attached hydrogens (tertiary/aromatic N) is 4. The molecule has 0 radical (unpaired) electrons. The summed E-state index contributed by atoms with van der Waals surface area (Å²) >= 11 is 0. The molecule has 0 saturated carbocycles. The van der Waals surface area contributed by atoms with E-state index >= 15 is 0 Å². The number of carbonyl (C=O) groups is 1. The number of benzene rings is 1. The van der Waals surface area contributed by atoms with E-state index in [0.717, 1.165) is 37.2 Å². The van der Waals surface area contributed by atoms with Crippen molar-refractivity contribution in [1.29, 1.82) is 0 Å². The predicted octanol–water partition coefficient (Wildman–Crippen LogP) is 2.20. The van der Waals surface area contributed by atoms with Crippen LogP contribution < -0.4 is 0 Å². The second-order valence-electron chi connectivity index (χ2n) is 5.19. The third-order valence-electron chi connectivity index (χ3n) is 3.66. The van der Waals surface area contributed by atoms with Crippen molar-refractivity contribution in [1.82, 2.24) is 19.9 Å². The summed E-state index contributed by atoms with van der Waals surface area (Å²) in [6, 6.07) is 5.81. The van der Waals surface area contributed by atoms with Crippen LogP contribution in [-0.2, 0) is 0 Å². The van der Waals surface area contributed by atoms with Crippen LogP contribution in [0.1, 0.15) is 35.2 Å². The highest BCUT2D eigenvalue weighted by atomic mass is 16.2. The summed E-state index contributed by atoms with van der Waals surface area (Å²) in [7, 11) is 0. The third-order valence-corrected chi connectivity index (χ3v) is 3.66. The Bertz CT molecular complexity index is 600. The van der Waals surface area contributed by atoms with Crippen LogP contribution in [0.3, 0.4) is 0 Å². The van der Waals surface area contributed by atoms with Crippen molar-refractivity contribution in [2.75, 3.05) is 13.1 Å². The molecule has 1 aromatic carbocycles. The maximum Gasteiger partial charge on any atom is 0.256 e. The van der Waals surface area contributed by atoms with E-state index in [9.17, 15) is 4.79 Å². The molecule has 0 N–H and O–H groups in total. The van der Waals surface area contributed by atoms with Gasteiger partial charge >= 0.3 is 0 Å². The van der Waals surface area contributed by atoms with Gasteiger partial charge in [0.05, 0.1) is 23.6 Å². The lowest BCUT2D eigenvalue weighted by atomic mass is 10.1. The molecule has 1 aliphatic heterocycles. The molecule has 0 aliphatic carbocycles. The maximum atomic E-state index is 12.7. The zero-order valence-electron chi connectivity index (χ0n) is 11.6. The summed E-state index contributed by atoms with van der Waals surface area (Å²) in [6.07, 6.45) is 6.63. The molecule has 104 valence electrons. The Morgan fingerprint density at radius 3 is 2.50 bits per heavy atom. The normalized spacial score (nSPS) is 15.3. The van der Waals surface area contributed by atoms with Gasteiger partial charge in [-0.1, -0.05) is 11.6 Å². The SMILES string of the molecule is Cc1ccc(-n2nccn2)c(C(=O)N2CCCCC2)c1. The third kappa shape index (κ3) is 2.43. The minimum atomic E-state index is 0.0840. The Kier molecular flexibility index (Phi) is 3.50. The Hall–Kier alpha value is -2.17. The lowest BCUT2D eigenvalue weighted by Gasteiger charge is -2.27. The fourth-order valence-electron chi connectivity index (χ4n) is 2.60. The van der Waals surface area contributed by atoms with Gasteiger partial charge in [0.1, 0.15) is 0 Å². The summed E-state index contributed by atoms with van der Waals surface area (Å²) in [4.78, 5) is 16.2. The zero-order valence-corrected chi connectivity index (χ0v) is 11.6. The number of hydrogen-bond donors (Lipinski definition) is 0. The molecule has 20 heavy (non-hydrogen) atoms. The van der Waals surface area contributed by atoms with Gasteiger partial charge in [0, 0.05) is 13.1 Å². The highest BCUT2D eigenvalue weighted by Gasteiger charge is 2.22. The molecule has 1 aromatic heterocycles. The largest absolute Gasteiger partial charge is 0.339 e. The Labute approximate surface area is 118 Å². The minimum Gasteiger partial charge on any atom is -0.339 e. The van der Waals surface area contributed by atoms with Crippen LogP contribution in [0.4, 0.5) is 0 Å². The van der Waals surface area contributed by atoms with E-state index < -0.39 is 0 Å². The summed E-state index contributed by atoms with van der Waals surface area (Å²) in [5.41, 5.74) is 2.50. The molecule has 0 spiro atoms. The summed E-state index contributed by atoms with van der Waals surface area (Å²) in [5, 5.41) is 8.28. The van der Waals surface area contributed by atoms with E-state index in [1.54, 1.807) is 12.4 Å². The second kappa shape index (κ2) is 5.45. The standard InChI is InChI=1S/C15H18N4O/c1-12-5-6-14(19-16-7-8-17-19)13(11-12)15(20)18-9-3-2-4-10-18/h5-8,11H,2-4,9-10H2,1H3. The molecule has 1 amide bonds. The quantitative estimate of drug-likeness (QED) is 0.840. The van der Waals surface area contributed by atoms with Crippen molar-refractivity contribution in [2.24, 2.45) is 0 Å². The Morgan fingerprint density at radius 1 is 1.10 bits per heavy atom. The van der Waals surface area contributed by atoms with E-state index in [1.807, 2.05) is 30.0 Å². The van der Waals surface area contributed by atoms with Crippen molar-refractivity contribution in [3.8, 4) is 5.69 Å². The molecule has 1 fully saturated rings. The second-order valence-corrected chi connectivity index (χ2v) is 5.19. The number of piperidine rings is 1. The fraction of sp³-hybridized carbons (Fsp3) is 0.400. The van der Waals surface area contributed by atoms with Crippen LogP contribution >= 0.6 is 0 Å². The number of aryl methyl sites for hydroxylation is 1. The van der Waals surface area contributed by atoms with E-state index in [0.29, 0.717) is 5.56 Å². The van der Waals surface area contributed by atoms with Crippen molar-refractivity contribution < 1.29 is 4.79 Å². The highest BCUT2D eigenvalue weighted by molar-refractivity contribution is 5.98. The van der Waals surface area contributed by atoms with Gasteiger partial charge in [-0.3, -0.25) is 4.79 Å². The summed E-state index contributed by atoms with van der Waals surface area (Å²) in [5.74, 6) is 0.0840. The summed E-state index contributed by atoms with van der Waals surface area (Å²) < 4.78 is 0. The predicted molar refractivity (Wildman–Crippen MR) is 75.9 cm³/mol. The summed E-state index contributed by atoms with van der Waals surface area (Å²) in [6.45, 7) is 3.69. The zero-order chi connectivity index (χ0) is 13.9. The number of aromatic nitrogens is 3. The van der Waals surface area contributed by atoms with Gasteiger partial charge < -0.3 is 4.90 Å². The van der Waals surface area contributed by atoms with Crippen LogP contribution in [-0.4, -0.2) is 38.9 Å². The highest BCUT2D eigenvalue weighted by Crippen LogP contribution is 2.19. The average molecular weight is 270 g/mol. The molecule has 0 unspecified atom stereocenters. The van der Waals surface area contributed by atoms with Crippen LogP contribution in [0.25, 0.3) is 5.69 Å². The number of rotatable bonds is 2. The molecular weight excluding hydrogens is 252 g/mol. The van der Waals surface area contributed by atoms with Gasteiger partial charge in [0.2, 0.25) is 0 Å². The average Bonchev–Trinajstić information content (AvgIpc) is 3.01. The molecule has 2 heterocycles. The first-order valence-electron chi connectivity index (χ1n) is 7.02. The van der Waals surface area contributed by atoms with Gasteiger partial charge in [-0.2, -0.15) is 15.0 Å². The number of amides is 1. The van der Waals surface area contributed by atoms with Crippen molar-refractivity contribution in [3.63, 3.8) is 0 Å². The van der Waals surface area contributed by atoms with E-state index in [2.05, 4.69) is 10.2 Å². The molecule has 1 saturated heterocycles. The first-order chi connectivity index (χ1) is 9.75. The smallest absolute Gasteiger partial charge is 0.256 e. The number of likely N-dealkylation sites (tertiary alicyclic amines) is 1. The van der Waals surface area contributed by atoms with Crippen LogP contribution in [0.2, 0.25) is 0 Å². The van der Waals surface area contributed by atoms with Gasteiger partial charge in [-0.05, 0) is 38.3 Å². The van der Waals surface area contributed by atoms with Crippen molar-refractivity contribution in [3.05, 3.63) is 41.7 Å². The van der Waals surface area contributed by atoms with Gasteiger partial charge in [0.25, 0.3) is 5.91 Å². The number of carbonyl (C=O) groups excluding carboxylic acids is 1. The first-order valence-corrected chi connectivity index (χ1v) is 7.02. The number of hydrogen-bond acceptors (Lipinski definition) is 3. The topological polar surface area (TPSA) is 51.0 Å². The van der Waals surface area contributed by atoms with E-state index in [4.69, 9.17) is 0 Å². The molecule has 3 rings (SSSR count). The molecule has 0 bridgehead atoms. The molecule has 5 heteroatoms. The lowest BCUT2D eigenvalue weighted by molar-refractivity contribution is 0.0724. The van der Waals surface area contributed by atoms with Gasteiger partial charge in [-0.15, -0.1) is 0 Å². The van der Waals surface area contributed by atoms with Gasteiger partial charge in [-0.25, -0.2) is 0 Å². The fourth-order valence-corrected chi connectivity index (χ4v) is 2.60. The van der Waals surface area contributed by atoms with Crippen molar-refractivity contribution in [2.45, 2.75) is 26.2 Å². The molecule has 2 aromatic rings. The molecule has 5 nitrogen and oxygen atoms in total. The van der Waals surface area contributed by atoms with E-state index in [-0.39, 0.29) is 5.91 Å². The molecule has 1 aliphatic rings. The first kappa shape index (κ1) is 12.8.